The van der Waals surface area contributed by atoms with E-state index in [1.165, 1.54) is 17.5 Å². The lowest BCUT2D eigenvalue weighted by molar-refractivity contribution is -0.193. The lowest BCUT2D eigenvalue weighted by Crippen LogP contribution is -2.46. The van der Waals surface area contributed by atoms with Gasteiger partial charge in [0.25, 0.3) is 0 Å². The average molecular weight is 795 g/mol. The molecule has 4 rings (SSSR count). The van der Waals surface area contributed by atoms with E-state index >= 15 is 0 Å². The zero-order valence-corrected chi connectivity index (χ0v) is 26.6. The Morgan fingerprint density at radius 2 is 0.962 bits per heavy atom. The number of likely N-dealkylation sites (tertiary alicyclic amines) is 1. The highest BCUT2D eigenvalue weighted by Crippen LogP contribution is 2.26. The van der Waals surface area contributed by atoms with Crippen molar-refractivity contribution in [3.63, 3.8) is 0 Å². The van der Waals surface area contributed by atoms with Gasteiger partial charge in [0.2, 0.25) is 0 Å². The molecule has 0 radical (unpaired) electrons. The van der Waals surface area contributed by atoms with Gasteiger partial charge in [-0.3, -0.25) is 19.8 Å². The Balaban J connectivity index is 0.000000791. The minimum atomic E-state index is -5.08. The maximum absolute atomic E-state index is 10.6. The van der Waals surface area contributed by atoms with Crippen LogP contribution >= 0.6 is 0 Å². The second kappa shape index (κ2) is 21.7. The first-order valence-electron chi connectivity index (χ1n) is 14.2. The molecule has 0 aromatic carbocycles. The summed E-state index contributed by atoms with van der Waals surface area (Å²) in [5, 5.41) is 28.5. The summed E-state index contributed by atoms with van der Waals surface area (Å²) in [6, 6.07) is 8.35. The van der Waals surface area contributed by atoms with Crippen LogP contribution < -0.4 is 0 Å². The van der Waals surface area contributed by atoms with Gasteiger partial charge in [-0.15, -0.1) is 0 Å². The van der Waals surface area contributed by atoms with Crippen LogP contribution in [0.5, 0.6) is 0 Å². The second-order valence-corrected chi connectivity index (χ2v) is 10.4. The number of rotatable bonds is 4. The highest BCUT2D eigenvalue weighted by Gasteiger charge is 2.40. The van der Waals surface area contributed by atoms with Crippen molar-refractivity contribution in [2.75, 3.05) is 32.8 Å². The van der Waals surface area contributed by atoms with E-state index in [-0.39, 0.29) is 0 Å². The number of pyridine rings is 2. The van der Waals surface area contributed by atoms with Gasteiger partial charge in [-0.25, -0.2) is 19.2 Å². The number of hydrogen-bond donors (Lipinski definition) is 4. The number of alkyl halides is 12. The molecule has 2 atom stereocenters. The zero-order chi connectivity index (χ0) is 41.2. The third-order valence-electron chi connectivity index (χ3n) is 6.24. The van der Waals surface area contributed by atoms with Crippen molar-refractivity contribution in [1.82, 2.24) is 19.8 Å². The smallest absolute Gasteiger partial charge is 0.475 e. The number of nitrogens with zero attached hydrogens (tertiary/aromatic N) is 4. The Hall–Kier alpha value is -4.78. The van der Waals surface area contributed by atoms with E-state index in [1.54, 1.807) is 0 Å². The van der Waals surface area contributed by atoms with Crippen molar-refractivity contribution in [2.45, 2.75) is 50.3 Å². The van der Waals surface area contributed by atoms with E-state index in [9.17, 15) is 52.7 Å². The monoisotopic (exact) mass is 794 g/mol. The maximum Gasteiger partial charge on any atom is 0.490 e. The predicted molar refractivity (Wildman–Crippen MR) is 152 cm³/mol. The van der Waals surface area contributed by atoms with E-state index in [2.05, 4.69) is 31.9 Å². The minimum absolute atomic E-state index is 0.351. The third kappa shape index (κ3) is 22.0. The Bertz CT molecular complexity index is 1320. The van der Waals surface area contributed by atoms with Gasteiger partial charge in [0.05, 0.1) is 12.7 Å². The maximum atomic E-state index is 10.6. The van der Waals surface area contributed by atoms with Gasteiger partial charge in [0, 0.05) is 63.4 Å². The molecule has 4 heterocycles. The number of aromatic nitrogens is 2. The molecule has 0 aliphatic carbocycles. The molecule has 2 aromatic rings. The SMILES string of the molecule is O=C(O)C(F)(F)F.O=C(O)C(F)(F)F.O=C(O)C(F)(F)F.O=C(O)C(F)(F)F.c1cncc(CN2CCO[C@@H]3CN(Cc4cccnc4)CC[C@@H]3C2)c1. The number of halogens is 12. The molecule has 53 heavy (non-hydrogen) atoms. The van der Waals surface area contributed by atoms with Crippen molar-refractivity contribution in [2.24, 2.45) is 5.92 Å². The molecule has 2 fully saturated rings. The summed E-state index contributed by atoms with van der Waals surface area (Å²) >= 11 is 0. The van der Waals surface area contributed by atoms with Crippen LogP contribution in [0.1, 0.15) is 17.5 Å². The lowest BCUT2D eigenvalue weighted by Gasteiger charge is -2.38. The predicted octanol–water partition coefficient (Wildman–Crippen LogP) is 4.73. The van der Waals surface area contributed by atoms with Crippen LogP contribution in [-0.2, 0) is 37.0 Å². The molecular weight excluding hydrogens is 764 g/mol. The molecule has 13 nitrogen and oxygen atoms in total. The topological polar surface area (TPSA) is 191 Å². The first-order valence-corrected chi connectivity index (χ1v) is 14.2. The van der Waals surface area contributed by atoms with Gasteiger partial charge in [0.15, 0.2) is 0 Å². The molecule has 300 valence electrons. The highest BCUT2D eigenvalue weighted by atomic mass is 19.4. The number of ether oxygens (including phenoxy) is 1. The Morgan fingerprint density at radius 1 is 0.623 bits per heavy atom. The lowest BCUT2D eigenvalue weighted by atomic mass is 9.93. The first-order chi connectivity index (χ1) is 24.1. The van der Waals surface area contributed by atoms with Crippen LogP contribution in [0, 0.1) is 5.92 Å². The molecule has 0 saturated carbocycles. The largest absolute Gasteiger partial charge is 0.490 e. The van der Waals surface area contributed by atoms with Crippen molar-refractivity contribution in [3.8, 4) is 0 Å². The van der Waals surface area contributed by atoms with Gasteiger partial charge >= 0.3 is 48.6 Å². The van der Waals surface area contributed by atoms with Gasteiger partial charge in [-0.1, -0.05) is 12.1 Å². The van der Waals surface area contributed by atoms with Gasteiger partial charge in [-0.2, -0.15) is 52.7 Å². The molecule has 0 unspecified atom stereocenters. The number of aliphatic carboxylic acids is 4. The van der Waals surface area contributed by atoms with Crippen LogP contribution in [0.3, 0.4) is 0 Å². The average Bonchev–Trinajstić information content (AvgIpc) is 3.23. The summed E-state index contributed by atoms with van der Waals surface area (Å²) in [6.45, 7) is 7.06. The molecule has 0 bridgehead atoms. The molecule has 0 amide bonds. The second-order valence-electron chi connectivity index (χ2n) is 10.4. The molecule has 4 N–H and O–H groups in total. The minimum Gasteiger partial charge on any atom is -0.475 e. The fraction of sp³-hybridized carbons (Fsp3) is 0.500. The fourth-order valence-corrected chi connectivity index (χ4v) is 3.97. The van der Waals surface area contributed by atoms with Crippen molar-refractivity contribution < 1.29 is 97.0 Å². The van der Waals surface area contributed by atoms with Crippen molar-refractivity contribution in [3.05, 3.63) is 60.2 Å². The van der Waals surface area contributed by atoms with Gasteiger partial charge in [0.1, 0.15) is 0 Å². The summed E-state index contributed by atoms with van der Waals surface area (Å²) in [6.07, 6.45) is -11.2. The van der Waals surface area contributed by atoms with Crippen LogP contribution in [-0.4, -0.2) is 128 Å². The van der Waals surface area contributed by atoms with E-state index in [4.69, 9.17) is 44.3 Å². The number of fused-ring (bicyclic) bond motifs is 1. The number of carboxylic acid groups (broad SMARTS) is 4. The van der Waals surface area contributed by atoms with Crippen LogP contribution in [0.4, 0.5) is 52.7 Å². The Kier molecular flexibility index (Phi) is 19.7. The normalized spacial score (nSPS) is 17.9. The first kappa shape index (κ1) is 48.2. The molecule has 0 spiro atoms. The van der Waals surface area contributed by atoms with Crippen molar-refractivity contribution in [1.29, 1.82) is 0 Å². The van der Waals surface area contributed by atoms with Crippen LogP contribution in [0.2, 0.25) is 0 Å². The van der Waals surface area contributed by atoms with E-state index in [1.807, 2.05) is 36.9 Å². The van der Waals surface area contributed by atoms with E-state index in [0.717, 1.165) is 45.9 Å². The van der Waals surface area contributed by atoms with Gasteiger partial charge < -0.3 is 25.2 Å². The summed E-state index contributed by atoms with van der Waals surface area (Å²) in [5.41, 5.74) is 2.57. The summed E-state index contributed by atoms with van der Waals surface area (Å²) < 4.78 is 133. The molecule has 25 heteroatoms. The number of carbonyl (C=O) groups is 4. The molecule has 2 aromatic heterocycles. The van der Waals surface area contributed by atoms with E-state index in [0.29, 0.717) is 12.0 Å². The summed E-state index contributed by atoms with van der Waals surface area (Å²) in [4.78, 5) is 49.1. The Morgan fingerprint density at radius 3 is 1.26 bits per heavy atom. The quantitative estimate of drug-likeness (QED) is 0.311. The van der Waals surface area contributed by atoms with Crippen molar-refractivity contribution >= 4 is 23.9 Å². The standard InChI is InChI=1S/C20H26N4O.4C2HF3O2/c1-3-17(11-21-6-1)13-23-8-5-19-15-24(9-10-25-20(19)16-23)14-18-4-2-7-22-12-18;4*3-2(4,5)1(6)7/h1-4,6-7,11-12,19-20H,5,8-10,13-16H2;4*(H,6,7)/t19-,20-;;;;/m1..../s1. The molecule has 2 saturated heterocycles. The molecular formula is C28H30F12N4O9. The summed E-state index contributed by atoms with van der Waals surface area (Å²) in [7, 11) is 0. The zero-order valence-electron chi connectivity index (χ0n) is 26.6. The molecule has 2 aliphatic rings. The number of hydrogen-bond acceptors (Lipinski definition) is 9. The number of carboxylic acids is 4. The Labute approximate surface area is 290 Å². The van der Waals surface area contributed by atoms with Crippen LogP contribution in [0.25, 0.3) is 0 Å². The molecule has 2 aliphatic heterocycles. The fourth-order valence-electron chi connectivity index (χ4n) is 3.97. The van der Waals surface area contributed by atoms with Gasteiger partial charge in [-0.05, 0) is 36.2 Å². The highest BCUT2D eigenvalue weighted by molar-refractivity contribution is 5.74. The van der Waals surface area contributed by atoms with Crippen LogP contribution in [0.15, 0.2) is 49.1 Å². The summed E-state index contributed by atoms with van der Waals surface area (Å²) in [5.74, 6) is -10.4. The number of piperidine rings is 1. The third-order valence-corrected chi connectivity index (χ3v) is 6.24. The van der Waals surface area contributed by atoms with E-state index < -0.39 is 48.6 Å².